The molecular formula is C13H20ClFN2O. The van der Waals surface area contributed by atoms with Gasteiger partial charge in [0.1, 0.15) is 5.82 Å². The second-order valence-electron chi connectivity index (χ2n) is 4.10. The molecule has 0 fully saturated rings. The summed E-state index contributed by atoms with van der Waals surface area (Å²) in [6, 6.07) is 4.78. The lowest BCUT2D eigenvalue weighted by atomic mass is 10.1. The lowest BCUT2D eigenvalue weighted by molar-refractivity contribution is 0.108. The monoisotopic (exact) mass is 274 g/mol. The predicted octanol–water partition coefficient (Wildman–Crippen LogP) is 2.45. The van der Waals surface area contributed by atoms with E-state index in [1.807, 2.05) is 14.0 Å². The van der Waals surface area contributed by atoms with E-state index in [2.05, 4.69) is 4.90 Å². The number of nitrogens with zero attached hydrogens (tertiary/aromatic N) is 1. The van der Waals surface area contributed by atoms with Crippen LogP contribution in [-0.2, 0) is 4.74 Å². The highest BCUT2D eigenvalue weighted by Crippen LogP contribution is 2.23. The fourth-order valence-electron chi connectivity index (χ4n) is 1.80. The minimum Gasteiger partial charge on any atom is -0.380 e. The molecule has 0 radical (unpaired) electrons. The van der Waals surface area contributed by atoms with Crippen LogP contribution in [0.25, 0.3) is 0 Å². The SMILES string of the molecule is CCOCCN(C)C(CN)c1ccc(Cl)c(F)c1. The molecule has 1 unspecified atom stereocenters. The normalized spacial score (nSPS) is 13.0. The van der Waals surface area contributed by atoms with Gasteiger partial charge in [-0.05, 0) is 31.7 Å². The Morgan fingerprint density at radius 1 is 1.50 bits per heavy atom. The average Bonchev–Trinajstić information content (AvgIpc) is 2.35. The van der Waals surface area contributed by atoms with Crippen molar-refractivity contribution in [3.8, 4) is 0 Å². The molecular weight excluding hydrogens is 255 g/mol. The van der Waals surface area contributed by atoms with Gasteiger partial charge in [-0.2, -0.15) is 0 Å². The predicted molar refractivity (Wildman–Crippen MR) is 72.3 cm³/mol. The third-order valence-corrected chi connectivity index (χ3v) is 3.18. The molecule has 5 heteroatoms. The molecule has 1 atom stereocenters. The standard InChI is InChI=1S/C13H20ClFN2O/c1-3-18-7-6-17(2)13(9-16)10-4-5-11(14)12(15)8-10/h4-5,8,13H,3,6-7,9,16H2,1-2H3. The number of benzene rings is 1. The number of nitrogens with two attached hydrogens (primary N) is 1. The number of rotatable bonds is 7. The molecule has 18 heavy (non-hydrogen) atoms. The second kappa shape index (κ2) is 7.69. The fourth-order valence-corrected chi connectivity index (χ4v) is 1.92. The van der Waals surface area contributed by atoms with Crippen LogP contribution in [0.3, 0.4) is 0 Å². The first-order valence-corrected chi connectivity index (χ1v) is 6.41. The molecule has 0 aliphatic rings. The summed E-state index contributed by atoms with van der Waals surface area (Å²) in [6.45, 7) is 4.45. The fraction of sp³-hybridized carbons (Fsp3) is 0.538. The highest BCUT2D eigenvalue weighted by atomic mass is 35.5. The van der Waals surface area contributed by atoms with Crippen LogP contribution in [0.1, 0.15) is 18.5 Å². The van der Waals surface area contributed by atoms with Crippen LogP contribution in [0.2, 0.25) is 5.02 Å². The zero-order valence-electron chi connectivity index (χ0n) is 10.8. The maximum atomic E-state index is 13.4. The molecule has 0 bridgehead atoms. The third-order valence-electron chi connectivity index (χ3n) is 2.88. The molecule has 0 saturated heterocycles. The second-order valence-corrected chi connectivity index (χ2v) is 4.51. The van der Waals surface area contributed by atoms with Crippen molar-refractivity contribution < 1.29 is 9.13 Å². The molecule has 0 aromatic heterocycles. The Labute approximate surface area is 113 Å². The van der Waals surface area contributed by atoms with Gasteiger partial charge < -0.3 is 10.5 Å². The summed E-state index contributed by atoms with van der Waals surface area (Å²) >= 11 is 5.67. The Kier molecular flexibility index (Phi) is 6.57. The molecule has 0 amide bonds. The van der Waals surface area contributed by atoms with Crippen molar-refractivity contribution in [2.24, 2.45) is 5.73 Å². The van der Waals surface area contributed by atoms with Gasteiger partial charge in [-0.15, -0.1) is 0 Å². The highest BCUT2D eigenvalue weighted by Gasteiger charge is 2.16. The maximum Gasteiger partial charge on any atom is 0.142 e. The van der Waals surface area contributed by atoms with Gasteiger partial charge in [0.15, 0.2) is 0 Å². The van der Waals surface area contributed by atoms with Gasteiger partial charge in [-0.25, -0.2) is 4.39 Å². The van der Waals surface area contributed by atoms with Crippen molar-refractivity contribution in [3.05, 3.63) is 34.6 Å². The lowest BCUT2D eigenvalue weighted by Gasteiger charge is -2.27. The van der Waals surface area contributed by atoms with Gasteiger partial charge in [0, 0.05) is 25.7 Å². The summed E-state index contributed by atoms with van der Waals surface area (Å²) in [5.41, 5.74) is 6.59. The molecule has 1 aromatic carbocycles. The van der Waals surface area contributed by atoms with Crippen LogP contribution in [0.4, 0.5) is 4.39 Å². The first-order valence-electron chi connectivity index (χ1n) is 6.03. The van der Waals surface area contributed by atoms with E-state index in [0.717, 1.165) is 12.1 Å². The Hall–Kier alpha value is -0.680. The Morgan fingerprint density at radius 3 is 2.78 bits per heavy atom. The van der Waals surface area contributed by atoms with Crippen LogP contribution in [0.5, 0.6) is 0 Å². The van der Waals surface area contributed by atoms with E-state index in [0.29, 0.717) is 19.8 Å². The van der Waals surface area contributed by atoms with E-state index < -0.39 is 5.82 Å². The molecule has 0 saturated carbocycles. The van der Waals surface area contributed by atoms with E-state index >= 15 is 0 Å². The zero-order valence-corrected chi connectivity index (χ0v) is 11.6. The lowest BCUT2D eigenvalue weighted by Crippen LogP contribution is -2.33. The van der Waals surface area contributed by atoms with E-state index in [4.69, 9.17) is 22.1 Å². The Bertz CT molecular complexity index is 376. The van der Waals surface area contributed by atoms with Crippen molar-refractivity contribution >= 4 is 11.6 Å². The number of hydrogen-bond acceptors (Lipinski definition) is 3. The quantitative estimate of drug-likeness (QED) is 0.776. The number of ether oxygens (including phenoxy) is 1. The molecule has 0 aliphatic carbocycles. The van der Waals surface area contributed by atoms with Crippen molar-refractivity contribution in [1.29, 1.82) is 0 Å². The van der Waals surface area contributed by atoms with Crippen LogP contribution in [-0.4, -0.2) is 38.3 Å². The molecule has 0 spiro atoms. The van der Waals surface area contributed by atoms with Crippen molar-refractivity contribution in [1.82, 2.24) is 4.90 Å². The first kappa shape index (κ1) is 15.4. The largest absolute Gasteiger partial charge is 0.380 e. The maximum absolute atomic E-state index is 13.4. The number of halogens is 2. The minimum absolute atomic E-state index is 0.0303. The van der Waals surface area contributed by atoms with Gasteiger partial charge in [-0.1, -0.05) is 17.7 Å². The highest BCUT2D eigenvalue weighted by molar-refractivity contribution is 6.30. The summed E-state index contributed by atoms with van der Waals surface area (Å²) in [5.74, 6) is -0.411. The molecule has 1 aromatic rings. The van der Waals surface area contributed by atoms with Gasteiger partial charge >= 0.3 is 0 Å². The van der Waals surface area contributed by atoms with E-state index in [1.54, 1.807) is 12.1 Å². The van der Waals surface area contributed by atoms with Gasteiger partial charge in [0.2, 0.25) is 0 Å². The van der Waals surface area contributed by atoms with Crippen LogP contribution in [0.15, 0.2) is 18.2 Å². The Morgan fingerprint density at radius 2 is 2.22 bits per heavy atom. The van der Waals surface area contributed by atoms with E-state index in [1.165, 1.54) is 6.07 Å². The van der Waals surface area contributed by atoms with Gasteiger partial charge in [0.25, 0.3) is 0 Å². The summed E-state index contributed by atoms with van der Waals surface area (Å²) in [4.78, 5) is 2.05. The van der Waals surface area contributed by atoms with Gasteiger partial charge in [-0.3, -0.25) is 4.90 Å². The molecule has 1 rings (SSSR count). The van der Waals surface area contributed by atoms with E-state index in [9.17, 15) is 4.39 Å². The minimum atomic E-state index is -0.411. The van der Waals surface area contributed by atoms with Crippen LogP contribution < -0.4 is 5.73 Å². The summed E-state index contributed by atoms with van der Waals surface area (Å²) < 4.78 is 18.7. The number of likely N-dealkylation sites (N-methyl/N-ethyl adjacent to an activating group) is 1. The summed E-state index contributed by atoms with van der Waals surface area (Å²) in [7, 11) is 1.95. The summed E-state index contributed by atoms with van der Waals surface area (Å²) in [5, 5.41) is 0.131. The van der Waals surface area contributed by atoms with Crippen molar-refractivity contribution in [2.45, 2.75) is 13.0 Å². The van der Waals surface area contributed by atoms with Crippen molar-refractivity contribution in [3.63, 3.8) is 0 Å². The number of hydrogen-bond donors (Lipinski definition) is 1. The van der Waals surface area contributed by atoms with Crippen molar-refractivity contribution in [2.75, 3.05) is 33.4 Å². The Balaban J connectivity index is 2.72. The first-order chi connectivity index (χ1) is 8.60. The smallest absolute Gasteiger partial charge is 0.142 e. The third kappa shape index (κ3) is 4.21. The topological polar surface area (TPSA) is 38.5 Å². The summed E-state index contributed by atoms with van der Waals surface area (Å²) in [6.07, 6.45) is 0. The van der Waals surface area contributed by atoms with Crippen LogP contribution >= 0.6 is 11.6 Å². The van der Waals surface area contributed by atoms with Crippen LogP contribution in [0, 0.1) is 5.82 Å². The molecule has 0 heterocycles. The molecule has 102 valence electrons. The van der Waals surface area contributed by atoms with Gasteiger partial charge in [0.05, 0.1) is 11.6 Å². The zero-order chi connectivity index (χ0) is 13.5. The molecule has 0 aliphatic heterocycles. The molecule has 3 nitrogen and oxygen atoms in total. The average molecular weight is 275 g/mol. The molecule has 2 N–H and O–H groups in total. The van der Waals surface area contributed by atoms with E-state index in [-0.39, 0.29) is 11.1 Å².